The van der Waals surface area contributed by atoms with E-state index in [4.69, 9.17) is 4.42 Å². The molecule has 1 heterocycles. The van der Waals surface area contributed by atoms with Gasteiger partial charge >= 0.3 is 0 Å². The zero-order chi connectivity index (χ0) is 15.2. The van der Waals surface area contributed by atoms with Gasteiger partial charge < -0.3 is 15.1 Å². The summed E-state index contributed by atoms with van der Waals surface area (Å²) in [6.07, 6.45) is 0. The van der Waals surface area contributed by atoms with E-state index in [0.29, 0.717) is 11.2 Å². The average molecular weight is 351 g/mol. The molecule has 2 aromatic rings. The molecule has 0 aliphatic carbocycles. The Balaban J connectivity index is 1.83. The normalized spacial score (nSPS) is 11.7. The van der Waals surface area contributed by atoms with Gasteiger partial charge in [0.1, 0.15) is 6.04 Å². The van der Waals surface area contributed by atoms with E-state index in [1.807, 2.05) is 30.3 Å². The van der Waals surface area contributed by atoms with Crippen molar-refractivity contribution < 1.29 is 14.0 Å². The Morgan fingerprint density at radius 2 is 1.90 bits per heavy atom. The van der Waals surface area contributed by atoms with Crippen LogP contribution in [0.4, 0.5) is 0 Å². The minimum atomic E-state index is -0.648. The molecule has 2 N–H and O–H groups in total. The van der Waals surface area contributed by atoms with Gasteiger partial charge in [-0.2, -0.15) is 0 Å². The maximum absolute atomic E-state index is 11.9. The van der Waals surface area contributed by atoms with E-state index in [9.17, 15) is 9.59 Å². The molecule has 2 amide bonds. The highest BCUT2D eigenvalue weighted by atomic mass is 79.9. The predicted molar refractivity (Wildman–Crippen MR) is 81.6 cm³/mol. The van der Waals surface area contributed by atoms with Gasteiger partial charge in [0.15, 0.2) is 10.4 Å². The van der Waals surface area contributed by atoms with Gasteiger partial charge in [-0.1, -0.05) is 30.3 Å². The molecule has 0 spiro atoms. The second kappa shape index (κ2) is 7.08. The Morgan fingerprint density at radius 3 is 2.52 bits per heavy atom. The highest BCUT2D eigenvalue weighted by Crippen LogP contribution is 2.13. The summed E-state index contributed by atoms with van der Waals surface area (Å²) in [6, 6.07) is 12.1. The van der Waals surface area contributed by atoms with Gasteiger partial charge in [-0.25, -0.2) is 0 Å². The Bertz CT molecular complexity index is 625. The maximum atomic E-state index is 11.9. The topological polar surface area (TPSA) is 71.3 Å². The lowest BCUT2D eigenvalue weighted by Crippen LogP contribution is -2.44. The zero-order valence-electron chi connectivity index (χ0n) is 11.4. The molecule has 0 fully saturated rings. The number of benzene rings is 1. The van der Waals surface area contributed by atoms with Crippen LogP contribution < -0.4 is 10.6 Å². The Morgan fingerprint density at radius 1 is 1.19 bits per heavy atom. The molecule has 6 heteroatoms. The summed E-state index contributed by atoms with van der Waals surface area (Å²) in [4.78, 5) is 23.8. The minimum absolute atomic E-state index is 0.157. The van der Waals surface area contributed by atoms with E-state index < -0.39 is 11.9 Å². The summed E-state index contributed by atoms with van der Waals surface area (Å²) < 4.78 is 5.59. The summed E-state index contributed by atoms with van der Waals surface area (Å²) in [7, 11) is 0. The third-order valence-corrected chi connectivity index (χ3v) is 3.27. The smallest absolute Gasteiger partial charge is 0.287 e. The predicted octanol–water partition coefficient (Wildman–Crippen LogP) is 2.48. The molecule has 0 aliphatic rings. The molecule has 0 bridgehead atoms. The van der Waals surface area contributed by atoms with Crippen LogP contribution in [0.5, 0.6) is 0 Å². The van der Waals surface area contributed by atoms with Crippen molar-refractivity contribution in [3.63, 3.8) is 0 Å². The van der Waals surface area contributed by atoms with Crippen molar-refractivity contribution in [2.75, 3.05) is 0 Å². The number of furan rings is 1. The minimum Gasteiger partial charge on any atom is -0.444 e. The average Bonchev–Trinajstić information content (AvgIpc) is 2.92. The van der Waals surface area contributed by atoms with Crippen LogP contribution in [0.15, 0.2) is 51.6 Å². The standard InChI is InChI=1S/C15H15BrN2O3/c1-10(18-15(20)12-7-8-13(16)21-12)14(19)17-9-11-5-3-2-4-6-11/h2-8,10H,9H2,1H3,(H,17,19)(H,18,20)/t10-/m1/s1. The van der Waals surface area contributed by atoms with E-state index >= 15 is 0 Å². The van der Waals surface area contributed by atoms with Crippen LogP contribution in [0.3, 0.4) is 0 Å². The van der Waals surface area contributed by atoms with Crippen molar-refractivity contribution in [2.24, 2.45) is 0 Å². The van der Waals surface area contributed by atoms with Gasteiger partial charge in [0.05, 0.1) is 0 Å². The van der Waals surface area contributed by atoms with Crippen LogP contribution in [-0.2, 0) is 11.3 Å². The molecule has 110 valence electrons. The van der Waals surface area contributed by atoms with Crippen LogP contribution in [0.1, 0.15) is 23.0 Å². The summed E-state index contributed by atoms with van der Waals surface area (Å²) in [5.74, 6) is -0.523. The fourth-order valence-corrected chi connectivity index (χ4v) is 2.01. The number of carbonyl (C=O) groups excluding carboxylic acids is 2. The molecule has 1 aromatic heterocycles. The lowest BCUT2D eigenvalue weighted by atomic mass is 10.2. The Hall–Kier alpha value is -2.08. The van der Waals surface area contributed by atoms with Crippen LogP contribution in [0.25, 0.3) is 0 Å². The fourth-order valence-electron chi connectivity index (χ4n) is 1.71. The lowest BCUT2D eigenvalue weighted by molar-refractivity contribution is -0.122. The van der Waals surface area contributed by atoms with Crippen molar-refractivity contribution in [3.05, 3.63) is 58.5 Å². The van der Waals surface area contributed by atoms with Gasteiger partial charge in [-0.15, -0.1) is 0 Å². The molecule has 0 aliphatic heterocycles. The van der Waals surface area contributed by atoms with E-state index in [-0.39, 0.29) is 11.7 Å². The molecular formula is C15H15BrN2O3. The Kier molecular flexibility index (Phi) is 5.16. The van der Waals surface area contributed by atoms with Gasteiger partial charge in [-0.3, -0.25) is 9.59 Å². The number of carbonyl (C=O) groups is 2. The maximum Gasteiger partial charge on any atom is 0.287 e. The van der Waals surface area contributed by atoms with Crippen molar-refractivity contribution >= 4 is 27.7 Å². The van der Waals surface area contributed by atoms with Gasteiger partial charge in [0.25, 0.3) is 5.91 Å². The van der Waals surface area contributed by atoms with E-state index in [0.717, 1.165) is 5.56 Å². The summed E-state index contributed by atoms with van der Waals surface area (Å²) in [6.45, 7) is 2.04. The van der Waals surface area contributed by atoms with Gasteiger partial charge in [0, 0.05) is 6.54 Å². The second-order valence-corrected chi connectivity index (χ2v) is 5.28. The summed E-state index contributed by atoms with van der Waals surface area (Å²) >= 11 is 3.12. The summed E-state index contributed by atoms with van der Waals surface area (Å²) in [5, 5.41) is 5.35. The molecule has 0 saturated heterocycles. The first-order valence-electron chi connectivity index (χ1n) is 6.44. The highest BCUT2D eigenvalue weighted by Gasteiger charge is 2.18. The summed E-state index contributed by atoms with van der Waals surface area (Å²) in [5.41, 5.74) is 0.999. The first-order valence-corrected chi connectivity index (χ1v) is 7.23. The zero-order valence-corrected chi connectivity index (χ0v) is 13.0. The highest BCUT2D eigenvalue weighted by molar-refractivity contribution is 9.10. The molecule has 5 nitrogen and oxygen atoms in total. The third-order valence-electron chi connectivity index (χ3n) is 2.85. The molecule has 0 radical (unpaired) electrons. The number of halogens is 1. The number of rotatable bonds is 5. The molecule has 21 heavy (non-hydrogen) atoms. The van der Waals surface area contributed by atoms with Gasteiger partial charge in [0.2, 0.25) is 5.91 Å². The number of amides is 2. The van der Waals surface area contributed by atoms with E-state index in [2.05, 4.69) is 26.6 Å². The van der Waals surface area contributed by atoms with Gasteiger partial charge in [-0.05, 0) is 40.5 Å². The van der Waals surface area contributed by atoms with Crippen molar-refractivity contribution in [3.8, 4) is 0 Å². The molecular weight excluding hydrogens is 336 g/mol. The van der Waals surface area contributed by atoms with Crippen molar-refractivity contribution in [1.29, 1.82) is 0 Å². The SMILES string of the molecule is C[C@@H](NC(=O)c1ccc(Br)o1)C(=O)NCc1ccccc1. The molecule has 1 atom stereocenters. The van der Waals surface area contributed by atoms with E-state index in [1.54, 1.807) is 13.0 Å². The monoisotopic (exact) mass is 350 g/mol. The van der Waals surface area contributed by atoms with Crippen LogP contribution in [-0.4, -0.2) is 17.9 Å². The molecule has 0 saturated carbocycles. The number of nitrogens with one attached hydrogen (secondary N) is 2. The van der Waals surface area contributed by atoms with Crippen LogP contribution in [0, 0.1) is 0 Å². The number of hydrogen-bond acceptors (Lipinski definition) is 3. The molecule has 0 unspecified atom stereocenters. The molecule has 2 rings (SSSR count). The lowest BCUT2D eigenvalue weighted by Gasteiger charge is -2.13. The van der Waals surface area contributed by atoms with Crippen LogP contribution >= 0.6 is 15.9 Å². The fraction of sp³-hybridized carbons (Fsp3) is 0.200. The molecule has 1 aromatic carbocycles. The first-order chi connectivity index (χ1) is 10.1. The van der Waals surface area contributed by atoms with E-state index in [1.165, 1.54) is 6.07 Å². The number of hydrogen-bond donors (Lipinski definition) is 2. The first kappa shape index (κ1) is 15.3. The van der Waals surface area contributed by atoms with Crippen molar-refractivity contribution in [2.45, 2.75) is 19.5 Å². The second-order valence-electron chi connectivity index (χ2n) is 4.50. The van der Waals surface area contributed by atoms with Crippen LogP contribution in [0.2, 0.25) is 0 Å². The largest absolute Gasteiger partial charge is 0.444 e. The third kappa shape index (κ3) is 4.46. The van der Waals surface area contributed by atoms with Crippen molar-refractivity contribution in [1.82, 2.24) is 10.6 Å². The Labute approximate surface area is 130 Å². The quantitative estimate of drug-likeness (QED) is 0.869.